The van der Waals surface area contributed by atoms with Crippen LogP contribution in [0.15, 0.2) is 64.3 Å². The standard InChI is InChI=1S/C23H24F2N3O9P/c1-13(18(30)31)28(37-16-9-5-7-14-6-3-4-8-15(14)16)38(34)35-12-23(25)19(32)22(2,24)20(36-23)27-11-10-17(29)26-21(27)33/h3-11,13,19-20,32,38H,12H2,1-2H3,(H,30,31)(H,26,29,33)/t13?,19-,20+,22+,23+/m0/s1. The highest BCUT2D eigenvalue weighted by Gasteiger charge is 2.65. The summed E-state index contributed by atoms with van der Waals surface area (Å²) in [5.74, 6) is -4.62. The number of carbonyl (C=O) groups is 1. The first kappa shape index (κ1) is 27.6. The zero-order valence-electron chi connectivity index (χ0n) is 20.0. The number of alkyl halides is 2. The first-order valence-corrected chi connectivity index (χ1v) is 12.5. The Hall–Kier alpha value is -3.42. The molecule has 1 unspecified atom stereocenters. The number of hydrogen-bond acceptors (Lipinski definition) is 8. The number of aromatic nitrogens is 2. The third-order valence-electron chi connectivity index (χ3n) is 6.07. The quantitative estimate of drug-likeness (QED) is 0.264. The largest absolute Gasteiger partial charge is 0.480 e. The second-order valence-corrected chi connectivity index (χ2v) is 10.1. The maximum Gasteiger partial charge on any atom is 0.330 e. The molecule has 0 saturated carbocycles. The summed E-state index contributed by atoms with van der Waals surface area (Å²) in [5.41, 5.74) is -4.82. The minimum absolute atomic E-state index is 0.138. The monoisotopic (exact) mass is 555 g/mol. The normalized spacial score (nSPS) is 26.9. The van der Waals surface area contributed by atoms with E-state index in [9.17, 15) is 29.2 Å². The summed E-state index contributed by atoms with van der Waals surface area (Å²) in [7, 11) is -3.71. The van der Waals surface area contributed by atoms with E-state index >= 15 is 8.78 Å². The Kier molecular flexibility index (Phi) is 7.55. The van der Waals surface area contributed by atoms with Gasteiger partial charge >= 0.3 is 11.7 Å². The number of aromatic amines is 1. The van der Waals surface area contributed by atoms with Crippen molar-refractivity contribution >= 4 is 24.9 Å². The number of H-pyrrole nitrogens is 1. The van der Waals surface area contributed by atoms with E-state index in [1.807, 2.05) is 4.98 Å². The molecular formula is C23H24F2N3O9P. The number of rotatable bonds is 9. The van der Waals surface area contributed by atoms with Crippen molar-refractivity contribution in [2.45, 2.75) is 43.7 Å². The van der Waals surface area contributed by atoms with E-state index in [1.165, 1.54) is 6.07 Å². The Balaban J connectivity index is 1.57. The lowest BCUT2D eigenvalue weighted by Gasteiger charge is -2.28. The summed E-state index contributed by atoms with van der Waals surface area (Å²) in [4.78, 5) is 43.1. The number of aliphatic carboxylic acids is 1. The summed E-state index contributed by atoms with van der Waals surface area (Å²) >= 11 is 0. The van der Waals surface area contributed by atoms with Crippen molar-refractivity contribution in [3.63, 3.8) is 0 Å². The Morgan fingerprint density at radius 3 is 2.61 bits per heavy atom. The summed E-state index contributed by atoms with van der Waals surface area (Å²) in [5, 5.41) is 21.2. The van der Waals surface area contributed by atoms with Gasteiger partial charge in [-0.2, -0.15) is 0 Å². The fourth-order valence-electron chi connectivity index (χ4n) is 3.96. The SMILES string of the molecule is CC(C(=O)O)N(Oc1cccc2ccccc12)[P@H](=O)OC[C@@]1(F)O[C@@H](n2ccc(=O)[nH]c2=O)[C@](C)(F)[C@@H]1O. The van der Waals surface area contributed by atoms with Gasteiger partial charge in [0.15, 0.2) is 23.8 Å². The minimum Gasteiger partial charge on any atom is -0.480 e. The van der Waals surface area contributed by atoms with Crippen molar-refractivity contribution in [2.75, 3.05) is 6.61 Å². The number of aliphatic hydroxyl groups excluding tert-OH is 1. The van der Waals surface area contributed by atoms with E-state index in [2.05, 4.69) is 0 Å². The molecule has 3 aromatic rings. The predicted octanol–water partition coefficient (Wildman–Crippen LogP) is 2.15. The number of nitrogens with zero attached hydrogens (tertiary/aromatic N) is 2. The maximum absolute atomic E-state index is 15.6. The molecule has 38 heavy (non-hydrogen) atoms. The van der Waals surface area contributed by atoms with Crippen LogP contribution in [0.1, 0.15) is 20.1 Å². The highest BCUT2D eigenvalue weighted by molar-refractivity contribution is 7.36. The molecule has 15 heteroatoms. The summed E-state index contributed by atoms with van der Waals surface area (Å²) in [6, 6.07) is 11.2. The molecule has 0 aliphatic carbocycles. The van der Waals surface area contributed by atoms with Crippen LogP contribution >= 0.6 is 8.18 Å². The number of carboxylic acid groups (broad SMARTS) is 1. The molecule has 0 spiro atoms. The Morgan fingerprint density at radius 1 is 1.24 bits per heavy atom. The Bertz CT molecular complexity index is 1490. The van der Waals surface area contributed by atoms with Gasteiger partial charge in [-0.05, 0) is 25.3 Å². The van der Waals surface area contributed by atoms with Gasteiger partial charge in [-0.1, -0.05) is 41.2 Å². The van der Waals surface area contributed by atoms with Gasteiger partial charge in [0.2, 0.25) is 0 Å². The van der Waals surface area contributed by atoms with Gasteiger partial charge in [0.25, 0.3) is 19.6 Å². The molecule has 204 valence electrons. The molecule has 3 N–H and O–H groups in total. The number of ether oxygens (including phenoxy) is 1. The fraction of sp³-hybridized carbons (Fsp3) is 0.348. The summed E-state index contributed by atoms with van der Waals surface area (Å²) in [6.07, 6.45) is -3.70. The average molecular weight is 555 g/mol. The van der Waals surface area contributed by atoms with Gasteiger partial charge in [-0.25, -0.2) is 13.6 Å². The predicted molar refractivity (Wildman–Crippen MR) is 129 cm³/mol. The molecule has 1 aliphatic heterocycles. The topological polar surface area (TPSA) is 160 Å². The molecule has 0 bridgehead atoms. The minimum atomic E-state index is -3.71. The molecular weight excluding hydrogens is 531 g/mol. The molecule has 6 atom stereocenters. The summed E-state index contributed by atoms with van der Waals surface area (Å²) in [6.45, 7) is 0.608. The number of carboxylic acids is 1. The van der Waals surface area contributed by atoms with Crippen LogP contribution in [0.2, 0.25) is 0 Å². The van der Waals surface area contributed by atoms with Crippen molar-refractivity contribution in [1.82, 2.24) is 14.4 Å². The van der Waals surface area contributed by atoms with Crippen LogP contribution in [0.4, 0.5) is 8.78 Å². The van der Waals surface area contributed by atoms with Crippen molar-refractivity contribution in [3.8, 4) is 5.75 Å². The zero-order chi connectivity index (χ0) is 27.8. The van der Waals surface area contributed by atoms with Gasteiger partial charge in [0.1, 0.15) is 12.6 Å². The highest BCUT2D eigenvalue weighted by atomic mass is 31.1. The van der Waals surface area contributed by atoms with Crippen LogP contribution in [0.3, 0.4) is 0 Å². The van der Waals surface area contributed by atoms with E-state index in [0.29, 0.717) is 14.8 Å². The molecule has 2 heterocycles. The third kappa shape index (κ3) is 5.13. The molecule has 0 radical (unpaired) electrons. The molecule has 4 rings (SSSR count). The zero-order valence-corrected chi connectivity index (χ0v) is 21.0. The highest BCUT2D eigenvalue weighted by Crippen LogP contribution is 2.48. The van der Waals surface area contributed by atoms with Crippen molar-refractivity contribution in [2.24, 2.45) is 0 Å². The lowest BCUT2D eigenvalue weighted by Crippen LogP contribution is -2.47. The van der Waals surface area contributed by atoms with Crippen molar-refractivity contribution in [1.29, 1.82) is 0 Å². The van der Waals surface area contributed by atoms with Crippen LogP contribution in [-0.2, 0) is 18.6 Å². The molecule has 1 fully saturated rings. The van der Waals surface area contributed by atoms with Gasteiger partial charge in [0, 0.05) is 17.6 Å². The number of halogens is 2. The molecule has 1 aliphatic rings. The average Bonchev–Trinajstić information content (AvgIpc) is 3.05. The molecule has 12 nitrogen and oxygen atoms in total. The van der Waals surface area contributed by atoms with Crippen LogP contribution in [0.25, 0.3) is 10.8 Å². The Labute approximate surface area is 213 Å². The lowest BCUT2D eigenvalue weighted by molar-refractivity contribution is -0.204. The second-order valence-electron chi connectivity index (χ2n) is 8.79. The molecule has 1 saturated heterocycles. The maximum atomic E-state index is 15.6. The molecule has 0 amide bonds. The van der Waals surface area contributed by atoms with Crippen LogP contribution in [-0.4, -0.2) is 60.8 Å². The Morgan fingerprint density at radius 2 is 1.92 bits per heavy atom. The van der Waals surface area contributed by atoms with E-state index in [0.717, 1.165) is 31.5 Å². The second kappa shape index (κ2) is 10.4. The van der Waals surface area contributed by atoms with Crippen LogP contribution < -0.4 is 16.1 Å². The van der Waals surface area contributed by atoms with Gasteiger partial charge in [0.05, 0.1) is 0 Å². The smallest absolute Gasteiger partial charge is 0.330 e. The van der Waals surface area contributed by atoms with E-state index < -0.39 is 61.9 Å². The van der Waals surface area contributed by atoms with Crippen molar-refractivity contribution in [3.05, 3.63) is 75.6 Å². The number of nitrogens with one attached hydrogen (secondary N) is 1. The van der Waals surface area contributed by atoms with E-state index in [-0.39, 0.29) is 5.75 Å². The lowest BCUT2D eigenvalue weighted by atomic mass is 9.97. The number of hydrogen-bond donors (Lipinski definition) is 3. The number of aliphatic hydroxyl groups is 1. The third-order valence-corrected chi connectivity index (χ3v) is 7.29. The molecule has 1 aromatic heterocycles. The van der Waals surface area contributed by atoms with Crippen LogP contribution in [0, 0.1) is 0 Å². The van der Waals surface area contributed by atoms with Gasteiger partial charge in [-0.3, -0.25) is 23.7 Å². The van der Waals surface area contributed by atoms with E-state index in [4.69, 9.17) is 14.1 Å². The van der Waals surface area contributed by atoms with E-state index in [1.54, 1.807) is 36.4 Å². The molecule has 2 aromatic carbocycles. The van der Waals surface area contributed by atoms with Crippen LogP contribution in [0.5, 0.6) is 5.75 Å². The van der Waals surface area contributed by atoms with Gasteiger partial charge < -0.3 is 24.3 Å². The summed E-state index contributed by atoms with van der Waals surface area (Å²) < 4.78 is 54.7. The van der Waals surface area contributed by atoms with Crippen molar-refractivity contribution < 1.29 is 42.5 Å². The first-order chi connectivity index (χ1) is 17.8. The first-order valence-electron chi connectivity index (χ1n) is 11.2. The fourth-order valence-corrected chi connectivity index (χ4v) is 5.00. The number of benzene rings is 2. The van der Waals surface area contributed by atoms with Gasteiger partial charge in [-0.15, -0.1) is 0 Å². The number of fused-ring (bicyclic) bond motifs is 1. The number of hydroxylamine groups is 1.